The summed E-state index contributed by atoms with van der Waals surface area (Å²) in [4.78, 5) is 12.4. The number of Topliss-reactive ketones (excluding diaryl/α,β-unsaturated/α-hetero) is 1. The number of rotatable bonds is 5. The van der Waals surface area contributed by atoms with Crippen molar-refractivity contribution in [2.75, 3.05) is 13.2 Å². The average molecular weight is 329 g/mol. The van der Waals surface area contributed by atoms with Crippen LogP contribution in [0.5, 0.6) is 11.5 Å². The van der Waals surface area contributed by atoms with Crippen molar-refractivity contribution in [1.29, 1.82) is 0 Å². The highest BCUT2D eigenvalue weighted by Crippen LogP contribution is 2.36. The predicted octanol–water partition coefficient (Wildman–Crippen LogP) is 4.48. The lowest BCUT2D eigenvalue weighted by Crippen LogP contribution is -2.20. The second kappa shape index (κ2) is 6.42. The van der Waals surface area contributed by atoms with Gasteiger partial charge in [-0.25, -0.2) is 0 Å². The first-order valence-corrected chi connectivity index (χ1v) is 7.24. The SMILES string of the molecule is CCOc1cc(Br)c(C(=O)C(C)(C)C)cc1OCC. The Hall–Kier alpha value is -1.03. The van der Waals surface area contributed by atoms with Crippen LogP contribution in [0.25, 0.3) is 0 Å². The summed E-state index contributed by atoms with van der Waals surface area (Å²) in [5, 5.41) is 0. The van der Waals surface area contributed by atoms with E-state index in [0.29, 0.717) is 30.3 Å². The van der Waals surface area contributed by atoms with Crippen molar-refractivity contribution in [1.82, 2.24) is 0 Å². The minimum atomic E-state index is -0.431. The monoisotopic (exact) mass is 328 g/mol. The number of ketones is 1. The van der Waals surface area contributed by atoms with E-state index in [2.05, 4.69) is 15.9 Å². The number of carbonyl (C=O) groups excluding carboxylic acids is 1. The summed E-state index contributed by atoms with van der Waals surface area (Å²) in [5.41, 5.74) is 0.193. The average Bonchev–Trinajstić information content (AvgIpc) is 2.31. The molecule has 0 radical (unpaired) electrons. The first-order valence-electron chi connectivity index (χ1n) is 6.45. The van der Waals surface area contributed by atoms with Crippen molar-refractivity contribution >= 4 is 21.7 Å². The molecule has 0 bridgehead atoms. The Morgan fingerprint density at radius 3 is 2.00 bits per heavy atom. The Labute approximate surface area is 123 Å². The van der Waals surface area contributed by atoms with Crippen LogP contribution in [-0.2, 0) is 0 Å². The Morgan fingerprint density at radius 1 is 1.11 bits per heavy atom. The van der Waals surface area contributed by atoms with Crippen LogP contribution in [0.15, 0.2) is 16.6 Å². The number of carbonyl (C=O) groups is 1. The smallest absolute Gasteiger partial charge is 0.169 e. The van der Waals surface area contributed by atoms with E-state index in [0.717, 1.165) is 4.47 Å². The lowest BCUT2D eigenvalue weighted by molar-refractivity contribution is 0.0857. The van der Waals surface area contributed by atoms with E-state index in [1.165, 1.54) is 0 Å². The molecule has 0 spiro atoms. The summed E-state index contributed by atoms with van der Waals surface area (Å²) in [6.45, 7) is 10.6. The number of hydrogen-bond donors (Lipinski definition) is 0. The summed E-state index contributed by atoms with van der Waals surface area (Å²) in [7, 11) is 0. The van der Waals surface area contributed by atoms with Crippen molar-refractivity contribution in [2.24, 2.45) is 5.41 Å². The third-order valence-electron chi connectivity index (χ3n) is 2.56. The largest absolute Gasteiger partial charge is 0.490 e. The van der Waals surface area contributed by atoms with Gasteiger partial charge in [0.1, 0.15) is 0 Å². The maximum absolute atomic E-state index is 12.4. The quantitative estimate of drug-likeness (QED) is 0.748. The van der Waals surface area contributed by atoms with Gasteiger partial charge in [-0.3, -0.25) is 4.79 Å². The van der Waals surface area contributed by atoms with Crippen LogP contribution in [0.1, 0.15) is 45.0 Å². The highest BCUT2D eigenvalue weighted by atomic mass is 79.9. The fourth-order valence-corrected chi connectivity index (χ4v) is 2.15. The molecule has 0 aliphatic carbocycles. The first kappa shape index (κ1) is 16.0. The van der Waals surface area contributed by atoms with Crippen LogP contribution >= 0.6 is 15.9 Å². The van der Waals surface area contributed by atoms with E-state index >= 15 is 0 Å². The summed E-state index contributed by atoms with van der Waals surface area (Å²) < 4.78 is 11.8. The van der Waals surface area contributed by atoms with Gasteiger partial charge in [0.15, 0.2) is 17.3 Å². The van der Waals surface area contributed by atoms with Gasteiger partial charge in [0.2, 0.25) is 0 Å². The first-order chi connectivity index (χ1) is 8.81. The number of hydrogen-bond acceptors (Lipinski definition) is 3. The van der Waals surface area contributed by atoms with Crippen LogP contribution in [0.2, 0.25) is 0 Å². The molecule has 106 valence electrons. The Kier molecular flexibility index (Phi) is 5.41. The van der Waals surface area contributed by atoms with E-state index < -0.39 is 5.41 Å². The lowest BCUT2D eigenvalue weighted by atomic mass is 9.86. The third-order valence-corrected chi connectivity index (χ3v) is 3.21. The van der Waals surface area contributed by atoms with E-state index in [4.69, 9.17) is 9.47 Å². The van der Waals surface area contributed by atoms with Gasteiger partial charge in [-0.15, -0.1) is 0 Å². The van der Waals surface area contributed by atoms with Gasteiger partial charge < -0.3 is 9.47 Å². The Morgan fingerprint density at radius 2 is 1.58 bits per heavy atom. The van der Waals surface area contributed by atoms with Crippen LogP contribution in [0.3, 0.4) is 0 Å². The van der Waals surface area contributed by atoms with Crippen LogP contribution < -0.4 is 9.47 Å². The molecule has 0 saturated carbocycles. The van der Waals surface area contributed by atoms with Gasteiger partial charge in [0.05, 0.1) is 13.2 Å². The van der Waals surface area contributed by atoms with Crippen LogP contribution in [0.4, 0.5) is 0 Å². The zero-order valence-corrected chi connectivity index (χ0v) is 13.8. The maximum Gasteiger partial charge on any atom is 0.169 e. The molecule has 0 aromatic heterocycles. The van der Waals surface area contributed by atoms with E-state index in [1.807, 2.05) is 34.6 Å². The standard InChI is InChI=1S/C15H21BrO3/c1-6-18-12-8-10(14(17)15(3,4)5)11(16)9-13(12)19-7-2/h8-9H,6-7H2,1-5H3. The lowest BCUT2D eigenvalue weighted by Gasteiger charge is -2.19. The second-order valence-electron chi connectivity index (χ2n) is 5.22. The summed E-state index contributed by atoms with van der Waals surface area (Å²) in [6.07, 6.45) is 0. The normalized spacial score (nSPS) is 11.3. The topological polar surface area (TPSA) is 35.5 Å². The minimum absolute atomic E-state index is 0.0726. The molecule has 0 fully saturated rings. The van der Waals surface area contributed by atoms with Crippen molar-refractivity contribution in [3.8, 4) is 11.5 Å². The van der Waals surface area contributed by atoms with Crippen LogP contribution in [0, 0.1) is 5.41 Å². The van der Waals surface area contributed by atoms with Crippen molar-refractivity contribution in [3.63, 3.8) is 0 Å². The van der Waals surface area contributed by atoms with Crippen molar-refractivity contribution in [3.05, 3.63) is 22.2 Å². The molecule has 1 rings (SSSR count). The highest BCUT2D eigenvalue weighted by Gasteiger charge is 2.26. The zero-order valence-electron chi connectivity index (χ0n) is 12.2. The molecule has 0 N–H and O–H groups in total. The molecule has 0 atom stereocenters. The molecule has 19 heavy (non-hydrogen) atoms. The van der Waals surface area contributed by atoms with Crippen LogP contribution in [-0.4, -0.2) is 19.0 Å². The van der Waals surface area contributed by atoms with Gasteiger partial charge in [0.25, 0.3) is 0 Å². The molecule has 0 heterocycles. The Balaban J connectivity index is 3.27. The molecule has 0 saturated heterocycles. The number of halogens is 1. The van der Waals surface area contributed by atoms with E-state index in [1.54, 1.807) is 12.1 Å². The third kappa shape index (κ3) is 3.96. The highest BCUT2D eigenvalue weighted by molar-refractivity contribution is 9.10. The summed E-state index contributed by atoms with van der Waals surface area (Å²) >= 11 is 3.44. The summed E-state index contributed by atoms with van der Waals surface area (Å²) in [5.74, 6) is 1.34. The minimum Gasteiger partial charge on any atom is -0.490 e. The van der Waals surface area contributed by atoms with Gasteiger partial charge in [-0.1, -0.05) is 20.8 Å². The van der Waals surface area contributed by atoms with E-state index in [-0.39, 0.29) is 5.78 Å². The molecular formula is C15H21BrO3. The van der Waals surface area contributed by atoms with Gasteiger partial charge >= 0.3 is 0 Å². The fourth-order valence-electron chi connectivity index (χ4n) is 1.65. The van der Waals surface area contributed by atoms with Crippen molar-refractivity contribution in [2.45, 2.75) is 34.6 Å². The molecule has 0 amide bonds. The molecule has 3 nitrogen and oxygen atoms in total. The Bertz CT molecular complexity index is 461. The molecular weight excluding hydrogens is 308 g/mol. The zero-order chi connectivity index (χ0) is 14.6. The number of ether oxygens (including phenoxy) is 2. The van der Waals surface area contributed by atoms with Gasteiger partial charge in [-0.2, -0.15) is 0 Å². The second-order valence-corrected chi connectivity index (χ2v) is 6.08. The molecule has 0 unspecified atom stereocenters. The molecule has 0 aliphatic heterocycles. The van der Waals surface area contributed by atoms with Gasteiger partial charge in [-0.05, 0) is 41.9 Å². The summed E-state index contributed by atoms with van der Waals surface area (Å²) in [6, 6.07) is 3.56. The fraction of sp³-hybridized carbons (Fsp3) is 0.533. The van der Waals surface area contributed by atoms with E-state index in [9.17, 15) is 4.79 Å². The molecule has 1 aromatic carbocycles. The molecule has 1 aromatic rings. The van der Waals surface area contributed by atoms with Crippen molar-refractivity contribution < 1.29 is 14.3 Å². The molecule has 4 heteroatoms. The predicted molar refractivity (Wildman–Crippen MR) is 80.3 cm³/mol. The number of benzene rings is 1. The molecule has 0 aliphatic rings. The maximum atomic E-state index is 12.4. The van der Waals surface area contributed by atoms with Gasteiger partial charge in [0, 0.05) is 15.5 Å².